The number of nitrogens with two attached hydrogens (primary N) is 1. The van der Waals surface area contributed by atoms with Crippen LogP contribution in [-0.4, -0.2) is 15.7 Å². The predicted octanol–water partition coefficient (Wildman–Crippen LogP) is 1.11. The average Bonchev–Trinajstić information content (AvgIpc) is 2.58. The first-order valence-corrected chi connectivity index (χ1v) is 4.37. The summed E-state index contributed by atoms with van der Waals surface area (Å²) in [5.74, 6) is -1.19. The van der Waals surface area contributed by atoms with Crippen LogP contribution in [0.5, 0.6) is 0 Å². The summed E-state index contributed by atoms with van der Waals surface area (Å²) in [5.41, 5.74) is 5.63. The van der Waals surface area contributed by atoms with Crippen LogP contribution in [0.25, 0.3) is 10.9 Å². The number of nitrogens with zero attached hydrogens (tertiary/aromatic N) is 2. The van der Waals surface area contributed by atoms with E-state index in [1.807, 2.05) is 0 Å². The Hall–Kier alpha value is -1.91. The van der Waals surface area contributed by atoms with E-state index in [1.54, 1.807) is 6.20 Å². The number of fused-ring (bicyclic) bond motifs is 1. The fraction of sp³-hybridized carbons (Fsp3) is 0.100. The van der Waals surface area contributed by atoms with Gasteiger partial charge in [0.2, 0.25) is 0 Å². The third-order valence-electron chi connectivity index (χ3n) is 2.12. The van der Waals surface area contributed by atoms with Gasteiger partial charge in [-0.3, -0.25) is 9.48 Å². The largest absolute Gasteiger partial charge is 0.366 e. The molecule has 0 unspecified atom stereocenters. The molecular weight excluding hydrogens is 197 g/mol. The van der Waals surface area contributed by atoms with Crippen molar-refractivity contribution in [3.05, 3.63) is 36.6 Å². The van der Waals surface area contributed by atoms with Crippen molar-refractivity contribution in [2.75, 3.05) is 0 Å². The van der Waals surface area contributed by atoms with Gasteiger partial charge >= 0.3 is 0 Å². The maximum atomic E-state index is 13.1. The second-order valence-electron chi connectivity index (χ2n) is 3.15. The van der Waals surface area contributed by atoms with Crippen LogP contribution in [0.3, 0.4) is 0 Å². The Labute approximate surface area is 85.5 Å². The van der Waals surface area contributed by atoms with Gasteiger partial charge in [0.1, 0.15) is 11.3 Å². The third kappa shape index (κ3) is 1.56. The van der Waals surface area contributed by atoms with E-state index in [2.05, 4.69) is 12.0 Å². The second-order valence-corrected chi connectivity index (χ2v) is 3.15. The molecule has 2 rings (SSSR count). The topological polar surface area (TPSA) is 60.9 Å². The summed E-state index contributed by atoms with van der Waals surface area (Å²) in [6.45, 7) is 4.05. The normalized spacial score (nSPS) is 10.8. The van der Waals surface area contributed by atoms with Crippen LogP contribution < -0.4 is 5.73 Å². The molecule has 0 aliphatic carbocycles. The number of amides is 1. The third-order valence-corrected chi connectivity index (χ3v) is 2.12. The van der Waals surface area contributed by atoms with Gasteiger partial charge in [-0.1, -0.05) is 0 Å². The summed E-state index contributed by atoms with van der Waals surface area (Å²) in [4.78, 5) is 11.1. The molecule has 2 N–H and O–H groups in total. The van der Waals surface area contributed by atoms with Crippen LogP contribution in [0.15, 0.2) is 18.3 Å². The minimum absolute atomic E-state index is 0.0946. The molecule has 1 aromatic carbocycles. The van der Waals surface area contributed by atoms with Gasteiger partial charge in [-0.15, -0.1) is 0 Å². The summed E-state index contributed by atoms with van der Waals surface area (Å²) in [6.07, 6.45) is 1.62. The number of hydrogen-bond acceptors (Lipinski definition) is 2. The molecule has 15 heavy (non-hydrogen) atoms. The monoisotopic (exact) mass is 206 g/mol. The van der Waals surface area contributed by atoms with Crippen molar-refractivity contribution in [3.8, 4) is 0 Å². The lowest BCUT2D eigenvalue weighted by molar-refractivity contribution is 0.100. The quantitative estimate of drug-likeness (QED) is 0.800. The van der Waals surface area contributed by atoms with Crippen LogP contribution in [-0.2, 0) is 6.54 Å². The van der Waals surface area contributed by atoms with Crippen LogP contribution in [0.4, 0.5) is 4.39 Å². The van der Waals surface area contributed by atoms with Crippen LogP contribution >= 0.6 is 0 Å². The van der Waals surface area contributed by atoms with E-state index in [0.29, 0.717) is 17.4 Å². The smallest absolute Gasteiger partial charge is 0.251 e. The highest BCUT2D eigenvalue weighted by Crippen LogP contribution is 2.18. The number of rotatable bonds is 2. The van der Waals surface area contributed by atoms with Crippen molar-refractivity contribution >= 4 is 16.8 Å². The van der Waals surface area contributed by atoms with Gasteiger partial charge in [0.05, 0.1) is 5.56 Å². The summed E-state index contributed by atoms with van der Waals surface area (Å²) in [5, 5.41) is 4.63. The van der Waals surface area contributed by atoms with Crippen molar-refractivity contribution in [2.45, 2.75) is 6.54 Å². The van der Waals surface area contributed by atoms with Gasteiger partial charge in [0.25, 0.3) is 5.91 Å². The number of carbonyl (C=O) groups is 1. The fourth-order valence-electron chi connectivity index (χ4n) is 1.45. The molecule has 0 atom stereocenters. The fourth-order valence-corrected chi connectivity index (χ4v) is 1.45. The van der Waals surface area contributed by atoms with Gasteiger partial charge in [-0.25, -0.2) is 4.39 Å². The average molecular weight is 206 g/mol. The number of hydrogen-bond donors (Lipinski definition) is 1. The van der Waals surface area contributed by atoms with E-state index in [0.717, 1.165) is 6.07 Å². The first kappa shape index (κ1) is 9.64. The minimum atomic E-state index is -0.686. The van der Waals surface area contributed by atoms with Crippen molar-refractivity contribution in [1.82, 2.24) is 9.78 Å². The molecule has 0 bridgehead atoms. The first-order valence-electron chi connectivity index (χ1n) is 4.37. The summed E-state index contributed by atoms with van der Waals surface area (Å²) >= 11 is 0. The van der Waals surface area contributed by atoms with E-state index in [4.69, 9.17) is 5.73 Å². The van der Waals surface area contributed by atoms with E-state index in [1.165, 1.54) is 10.7 Å². The van der Waals surface area contributed by atoms with E-state index in [9.17, 15) is 9.18 Å². The zero-order valence-corrected chi connectivity index (χ0v) is 7.90. The van der Waals surface area contributed by atoms with Crippen LogP contribution in [0, 0.1) is 12.7 Å². The van der Waals surface area contributed by atoms with Crippen molar-refractivity contribution in [2.24, 2.45) is 5.73 Å². The molecule has 2 aromatic rings. The summed E-state index contributed by atoms with van der Waals surface area (Å²) in [6, 6.07) is 2.39. The Morgan fingerprint density at radius 2 is 2.33 bits per heavy atom. The molecule has 0 saturated heterocycles. The number of carbonyl (C=O) groups excluding carboxylic acids is 1. The molecule has 77 valence electrons. The van der Waals surface area contributed by atoms with Gasteiger partial charge in [0.15, 0.2) is 0 Å². The molecule has 0 aliphatic rings. The molecular formula is C10H9FN3O. The number of primary amides is 1. The van der Waals surface area contributed by atoms with E-state index < -0.39 is 11.7 Å². The molecule has 0 spiro atoms. The number of aromatic nitrogens is 2. The Morgan fingerprint density at radius 3 is 2.93 bits per heavy atom. The maximum Gasteiger partial charge on any atom is 0.251 e. The molecule has 0 aliphatic heterocycles. The predicted molar refractivity (Wildman–Crippen MR) is 53.6 cm³/mol. The SMILES string of the molecule is [CH2]Cn1cc2cc(F)cc(C(N)=O)c2n1. The highest BCUT2D eigenvalue weighted by atomic mass is 19.1. The van der Waals surface area contributed by atoms with Gasteiger partial charge in [-0.05, 0) is 19.1 Å². The molecule has 1 aromatic heterocycles. The van der Waals surface area contributed by atoms with Gasteiger partial charge in [-0.2, -0.15) is 5.10 Å². The Kier molecular flexibility index (Phi) is 2.15. The highest BCUT2D eigenvalue weighted by molar-refractivity contribution is 6.04. The molecule has 4 nitrogen and oxygen atoms in total. The van der Waals surface area contributed by atoms with Gasteiger partial charge < -0.3 is 5.73 Å². The molecule has 5 heteroatoms. The lowest BCUT2D eigenvalue weighted by Gasteiger charge is -1.96. The number of benzene rings is 1. The Morgan fingerprint density at radius 1 is 1.60 bits per heavy atom. The number of halogens is 1. The minimum Gasteiger partial charge on any atom is -0.366 e. The Bertz CT molecular complexity index is 533. The lowest BCUT2D eigenvalue weighted by atomic mass is 10.1. The van der Waals surface area contributed by atoms with Crippen LogP contribution in [0.2, 0.25) is 0 Å². The van der Waals surface area contributed by atoms with Crippen molar-refractivity contribution in [3.63, 3.8) is 0 Å². The summed E-state index contributed by atoms with van der Waals surface area (Å²) in [7, 11) is 0. The zero-order chi connectivity index (χ0) is 11.0. The Balaban J connectivity index is 2.77. The van der Waals surface area contributed by atoms with Crippen molar-refractivity contribution < 1.29 is 9.18 Å². The first-order chi connectivity index (χ1) is 7.11. The highest BCUT2D eigenvalue weighted by Gasteiger charge is 2.12. The molecule has 1 amide bonds. The zero-order valence-electron chi connectivity index (χ0n) is 7.90. The standard InChI is InChI=1S/C10H9FN3O/c1-2-14-5-6-3-7(11)4-8(10(12)15)9(6)13-14/h3-5H,1-2H2,(H2,12,15). The molecule has 1 radical (unpaired) electrons. The molecule has 1 heterocycles. The summed E-state index contributed by atoms with van der Waals surface area (Å²) < 4.78 is 14.6. The van der Waals surface area contributed by atoms with Crippen LogP contribution in [0.1, 0.15) is 10.4 Å². The van der Waals surface area contributed by atoms with E-state index in [-0.39, 0.29) is 5.56 Å². The maximum absolute atomic E-state index is 13.1. The lowest BCUT2D eigenvalue weighted by Crippen LogP contribution is -2.12. The molecule has 0 fully saturated rings. The van der Waals surface area contributed by atoms with Gasteiger partial charge in [0, 0.05) is 18.1 Å². The molecule has 0 saturated carbocycles. The van der Waals surface area contributed by atoms with Crippen molar-refractivity contribution in [1.29, 1.82) is 0 Å². The second kappa shape index (κ2) is 3.34. The van der Waals surface area contributed by atoms with E-state index >= 15 is 0 Å².